The van der Waals surface area contributed by atoms with E-state index in [0.29, 0.717) is 17.9 Å². The zero-order valence-corrected chi connectivity index (χ0v) is 12.3. The highest BCUT2D eigenvalue weighted by Crippen LogP contribution is 2.13. The summed E-state index contributed by atoms with van der Waals surface area (Å²) in [5, 5.41) is 7.10. The van der Waals surface area contributed by atoms with Gasteiger partial charge >= 0.3 is 0 Å². The molecule has 1 amide bonds. The number of furan rings is 1. The van der Waals surface area contributed by atoms with Crippen molar-refractivity contribution in [1.82, 2.24) is 9.78 Å². The minimum absolute atomic E-state index is 0.211. The molecule has 0 bridgehead atoms. The number of hydrogen-bond donors (Lipinski definition) is 1. The van der Waals surface area contributed by atoms with Crippen molar-refractivity contribution in [3.8, 4) is 0 Å². The normalized spacial score (nSPS) is 10.6. The van der Waals surface area contributed by atoms with Gasteiger partial charge in [-0.05, 0) is 23.6 Å². The quantitative estimate of drug-likeness (QED) is 0.785. The Hall–Kier alpha value is -2.82. The van der Waals surface area contributed by atoms with Crippen molar-refractivity contribution in [2.24, 2.45) is 0 Å². The summed E-state index contributed by atoms with van der Waals surface area (Å²) in [4.78, 5) is 12.0. The van der Waals surface area contributed by atoms with E-state index >= 15 is 0 Å². The molecule has 0 spiro atoms. The van der Waals surface area contributed by atoms with Crippen LogP contribution in [0.3, 0.4) is 0 Å². The lowest BCUT2D eigenvalue weighted by Gasteiger charge is -2.09. The zero-order chi connectivity index (χ0) is 15.4. The average Bonchev–Trinajstić information content (AvgIpc) is 3.20. The second kappa shape index (κ2) is 6.30. The maximum absolute atomic E-state index is 12.0. The summed E-state index contributed by atoms with van der Waals surface area (Å²) in [6.45, 7) is 2.74. The van der Waals surface area contributed by atoms with Gasteiger partial charge in [-0.15, -0.1) is 0 Å². The second-order valence-corrected chi connectivity index (χ2v) is 5.01. The van der Waals surface area contributed by atoms with E-state index in [0.717, 1.165) is 12.0 Å². The molecule has 5 heteroatoms. The summed E-state index contributed by atoms with van der Waals surface area (Å²) in [6.07, 6.45) is 5.58. The number of aromatic nitrogens is 2. The molecule has 3 rings (SSSR count). The van der Waals surface area contributed by atoms with E-state index in [2.05, 4.69) is 41.6 Å². The molecule has 0 aliphatic heterocycles. The fraction of sp³-hybridized carbons (Fsp3) is 0.176. The zero-order valence-electron chi connectivity index (χ0n) is 12.3. The van der Waals surface area contributed by atoms with Gasteiger partial charge in [-0.2, -0.15) is 5.10 Å². The summed E-state index contributed by atoms with van der Waals surface area (Å²) >= 11 is 0. The van der Waals surface area contributed by atoms with Crippen LogP contribution in [0.4, 0.5) is 5.82 Å². The van der Waals surface area contributed by atoms with Crippen LogP contribution in [0.2, 0.25) is 0 Å². The predicted molar refractivity (Wildman–Crippen MR) is 83.8 cm³/mol. The lowest BCUT2D eigenvalue weighted by Crippen LogP contribution is -2.15. The molecule has 2 aromatic heterocycles. The molecule has 0 unspecified atom stereocenters. The van der Waals surface area contributed by atoms with E-state index in [1.165, 1.54) is 18.1 Å². The Balaban J connectivity index is 1.72. The van der Waals surface area contributed by atoms with Gasteiger partial charge in [0.15, 0.2) is 0 Å². The van der Waals surface area contributed by atoms with E-state index in [1.54, 1.807) is 23.0 Å². The summed E-state index contributed by atoms with van der Waals surface area (Å²) < 4.78 is 6.68. The van der Waals surface area contributed by atoms with Crippen LogP contribution in [0.25, 0.3) is 0 Å². The Morgan fingerprint density at radius 1 is 1.18 bits per heavy atom. The SMILES string of the molecule is CCc1ccc(Cn2nccc2NC(=O)c2ccoc2)cc1. The predicted octanol–water partition coefficient (Wildman–Crippen LogP) is 3.34. The fourth-order valence-electron chi connectivity index (χ4n) is 2.20. The number of amides is 1. The van der Waals surface area contributed by atoms with Crippen molar-refractivity contribution in [2.75, 3.05) is 5.32 Å². The molecule has 22 heavy (non-hydrogen) atoms. The molecule has 1 N–H and O–H groups in total. The van der Waals surface area contributed by atoms with Crippen LogP contribution in [0.1, 0.15) is 28.4 Å². The lowest BCUT2D eigenvalue weighted by molar-refractivity contribution is 0.102. The Labute approximate surface area is 128 Å². The van der Waals surface area contributed by atoms with Crippen LogP contribution in [0.5, 0.6) is 0 Å². The minimum atomic E-state index is -0.211. The molecule has 5 nitrogen and oxygen atoms in total. The van der Waals surface area contributed by atoms with E-state index in [9.17, 15) is 4.79 Å². The van der Waals surface area contributed by atoms with Crippen LogP contribution in [-0.4, -0.2) is 15.7 Å². The Morgan fingerprint density at radius 3 is 2.64 bits per heavy atom. The van der Waals surface area contributed by atoms with Gasteiger partial charge in [0, 0.05) is 6.07 Å². The number of nitrogens with zero attached hydrogens (tertiary/aromatic N) is 2. The third kappa shape index (κ3) is 3.09. The first-order chi connectivity index (χ1) is 10.8. The van der Waals surface area contributed by atoms with Crippen molar-refractivity contribution < 1.29 is 9.21 Å². The minimum Gasteiger partial charge on any atom is -0.472 e. The Kier molecular flexibility index (Phi) is 4.05. The smallest absolute Gasteiger partial charge is 0.260 e. The van der Waals surface area contributed by atoms with Crippen molar-refractivity contribution in [3.63, 3.8) is 0 Å². The highest BCUT2D eigenvalue weighted by Gasteiger charge is 2.10. The number of anilines is 1. The van der Waals surface area contributed by atoms with E-state index in [1.807, 2.05) is 0 Å². The van der Waals surface area contributed by atoms with Crippen LogP contribution >= 0.6 is 0 Å². The maximum atomic E-state index is 12.0. The number of rotatable bonds is 5. The Bertz CT molecular complexity index is 743. The van der Waals surface area contributed by atoms with Gasteiger partial charge < -0.3 is 9.73 Å². The van der Waals surface area contributed by atoms with Gasteiger partial charge in [-0.25, -0.2) is 4.68 Å². The van der Waals surface area contributed by atoms with Gasteiger partial charge in [-0.1, -0.05) is 31.2 Å². The average molecular weight is 295 g/mol. The third-order valence-electron chi connectivity index (χ3n) is 3.51. The first kappa shape index (κ1) is 14.1. The molecular formula is C17H17N3O2. The van der Waals surface area contributed by atoms with E-state index in [4.69, 9.17) is 4.42 Å². The van der Waals surface area contributed by atoms with Crippen LogP contribution < -0.4 is 5.32 Å². The van der Waals surface area contributed by atoms with Crippen molar-refractivity contribution >= 4 is 11.7 Å². The molecule has 0 atom stereocenters. The molecule has 3 aromatic rings. The maximum Gasteiger partial charge on any atom is 0.260 e. The van der Waals surface area contributed by atoms with Gasteiger partial charge in [0.05, 0.1) is 24.6 Å². The highest BCUT2D eigenvalue weighted by molar-refractivity contribution is 6.03. The molecular weight excluding hydrogens is 278 g/mol. The van der Waals surface area contributed by atoms with Crippen LogP contribution in [-0.2, 0) is 13.0 Å². The van der Waals surface area contributed by atoms with Gasteiger partial charge in [-0.3, -0.25) is 4.79 Å². The monoisotopic (exact) mass is 295 g/mol. The largest absolute Gasteiger partial charge is 0.472 e. The number of aryl methyl sites for hydroxylation is 1. The first-order valence-electron chi connectivity index (χ1n) is 7.19. The number of benzene rings is 1. The third-order valence-corrected chi connectivity index (χ3v) is 3.51. The lowest BCUT2D eigenvalue weighted by atomic mass is 10.1. The molecule has 1 aromatic carbocycles. The Morgan fingerprint density at radius 2 is 1.95 bits per heavy atom. The number of hydrogen-bond acceptors (Lipinski definition) is 3. The van der Waals surface area contributed by atoms with Crippen molar-refractivity contribution in [1.29, 1.82) is 0 Å². The standard InChI is InChI=1S/C17H17N3O2/c1-2-13-3-5-14(6-4-13)11-20-16(7-9-18-20)19-17(21)15-8-10-22-12-15/h3-10,12H,2,11H2,1H3,(H,19,21). The van der Waals surface area contributed by atoms with Gasteiger partial charge in [0.25, 0.3) is 5.91 Å². The molecule has 0 aliphatic rings. The second-order valence-electron chi connectivity index (χ2n) is 5.01. The van der Waals surface area contributed by atoms with E-state index < -0.39 is 0 Å². The summed E-state index contributed by atoms with van der Waals surface area (Å²) in [6, 6.07) is 11.8. The fourth-order valence-corrected chi connectivity index (χ4v) is 2.20. The molecule has 2 heterocycles. The number of carbonyl (C=O) groups is 1. The molecule has 0 saturated carbocycles. The number of nitrogens with one attached hydrogen (secondary N) is 1. The number of carbonyl (C=O) groups excluding carboxylic acids is 1. The summed E-state index contributed by atoms with van der Waals surface area (Å²) in [5.74, 6) is 0.447. The highest BCUT2D eigenvalue weighted by atomic mass is 16.3. The summed E-state index contributed by atoms with van der Waals surface area (Å²) in [5.41, 5.74) is 2.93. The van der Waals surface area contributed by atoms with Crippen molar-refractivity contribution in [2.45, 2.75) is 19.9 Å². The molecule has 0 fully saturated rings. The molecule has 0 radical (unpaired) electrons. The van der Waals surface area contributed by atoms with Crippen molar-refractivity contribution in [3.05, 3.63) is 71.8 Å². The summed E-state index contributed by atoms with van der Waals surface area (Å²) in [7, 11) is 0. The van der Waals surface area contributed by atoms with Crippen LogP contribution in [0, 0.1) is 0 Å². The molecule has 112 valence electrons. The molecule has 0 aliphatic carbocycles. The molecule has 0 saturated heterocycles. The van der Waals surface area contributed by atoms with Gasteiger partial charge in [0.1, 0.15) is 12.1 Å². The van der Waals surface area contributed by atoms with Gasteiger partial charge in [0.2, 0.25) is 0 Å². The van der Waals surface area contributed by atoms with Crippen LogP contribution in [0.15, 0.2) is 59.5 Å². The first-order valence-corrected chi connectivity index (χ1v) is 7.19. The topological polar surface area (TPSA) is 60.1 Å². The van der Waals surface area contributed by atoms with E-state index in [-0.39, 0.29) is 5.91 Å².